The molecular weight excluding hydrogens is 388 g/mol. The van der Waals surface area contributed by atoms with Crippen molar-refractivity contribution in [1.82, 2.24) is 14.5 Å². The highest BCUT2D eigenvalue weighted by atomic mass is 17.1. The fraction of sp³-hybridized carbons (Fsp3) is 0.524. The van der Waals surface area contributed by atoms with Crippen LogP contribution in [0.1, 0.15) is 13.3 Å². The number of para-hydroxylation sites is 2. The number of hydrogen-bond donors (Lipinski definition) is 2. The van der Waals surface area contributed by atoms with Gasteiger partial charge in [-0.05, 0) is 45.1 Å². The van der Waals surface area contributed by atoms with Gasteiger partial charge in [-0.3, -0.25) is 5.26 Å². The van der Waals surface area contributed by atoms with E-state index in [-0.39, 0.29) is 6.61 Å². The van der Waals surface area contributed by atoms with Gasteiger partial charge in [0.1, 0.15) is 6.61 Å². The minimum atomic E-state index is -1.05. The summed E-state index contributed by atoms with van der Waals surface area (Å²) in [6.45, 7) is 8.66. The van der Waals surface area contributed by atoms with Crippen LogP contribution < -0.4 is 4.90 Å². The van der Waals surface area contributed by atoms with Crippen LogP contribution in [0.25, 0.3) is 11.0 Å². The van der Waals surface area contributed by atoms with Crippen molar-refractivity contribution in [1.29, 1.82) is 0 Å². The number of anilines is 1. The molecule has 1 fully saturated rings. The number of aliphatic carboxylic acids is 1. The molecule has 166 valence electrons. The van der Waals surface area contributed by atoms with Gasteiger partial charge in [0.25, 0.3) is 0 Å². The maximum atomic E-state index is 9.65. The van der Waals surface area contributed by atoms with Crippen LogP contribution in [-0.4, -0.2) is 83.8 Å². The van der Waals surface area contributed by atoms with Gasteiger partial charge in [0.15, 0.2) is 0 Å². The van der Waals surface area contributed by atoms with Crippen molar-refractivity contribution in [2.45, 2.75) is 19.9 Å². The van der Waals surface area contributed by atoms with E-state index >= 15 is 0 Å². The van der Waals surface area contributed by atoms with Crippen LogP contribution in [0, 0.1) is 0 Å². The van der Waals surface area contributed by atoms with Crippen LogP contribution >= 0.6 is 0 Å². The summed E-state index contributed by atoms with van der Waals surface area (Å²) >= 11 is 0. The molecule has 2 heterocycles. The molecule has 1 aromatic heterocycles. The van der Waals surface area contributed by atoms with Gasteiger partial charge < -0.3 is 24.2 Å². The first-order valence-corrected chi connectivity index (χ1v) is 10.2. The normalized spacial score (nSPS) is 15.2. The summed E-state index contributed by atoms with van der Waals surface area (Å²) in [5, 5.41) is 15.6. The van der Waals surface area contributed by atoms with Crippen molar-refractivity contribution in [3.05, 3.63) is 36.4 Å². The van der Waals surface area contributed by atoms with Gasteiger partial charge in [0.05, 0.1) is 17.6 Å². The number of imidazole rings is 1. The third-order valence-electron chi connectivity index (χ3n) is 4.73. The topological polar surface area (TPSA) is 100 Å². The summed E-state index contributed by atoms with van der Waals surface area (Å²) in [5.41, 5.74) is 2.28. The Balaban J connectivity index is 0.000000343. The van der Waals surface area contributed by atoms with Crippen molar-refractivity contribution in [2.75, 3.05) is 57.9 Å². The molecule has 0 bridgehead atoms. The highest BCUT2D eigenvalue weighted by molar-refractivity contribution is 5.79. The van der Waals surface area contributed by atoms with Gasteiger partial charge in [-0.1, -0.05) is 12.1 Å². The molecule has 1 aliphatic heterocycles. The van der Waals surface area contributed by atoms with Crippen LogP contribution in [0.15, 0.2) is 36.4 Å². The molecule has 1 aromatic carbocycles. The summed E-state index contributed by atoms with van der Waals surface area (Å²) in [6, 6.07) is 8.39. The molecule has 0 atom stereocenters. The minimum Gasteiger partial charge on any atom is -0.478 e. The van der Waals surface area contributed by atoms with Gasteiger partial charge in [0, 0.05) is 38.9 Å². The second-order valence-electron chi connectivity index (χ2n) is 6.93. The van der Waals surface area contributed by atoms with Gasteiger partial charge in [-0.25, -0.2) is 14.7 Å². The zero-order valence-electron chi connectivity index (χ0n) is 17.7. The number of fused-ring (bicyclic) bond motifs is 1. The predicted octanol–water partition coefficient (Wildman–Crippen LogP) is 2.33. The number of nitrogens with zero attached hydrogens (tertiary/aromatic N) is 4. The lowest BCUT2D eigenvalue weighted by Crippen LogP contribution is -2.31. The van der Waals surface area contributed by atoms with E-state index in [9.17, 15) is 4.79 Å². The van der Waals surface area contributed by atoms with Gasteiger partial charge in [-0.2, -0.15) is 0 Å². The van der Waals surface area contributed by atoms with E-state index in [1.54, 1.807) is 0 Å². The molecule has 1 saturated heterocycles. The highest BCUT2D eigenvalue weighted by Crippen LogP contribution is 2.23. The number of ether oxygens (including phenoxy) is 1. The number of carbonyl (C=O) groups is 1. The molecular formula is C21H32N4O5. The molecule has 9 heteroatoms. The summed E-state index contributed by atoms with van der Waals surface area (Å²) < 4.78 is 7.88. The molecule has 30 heavy (non-hydrogen) atoms. The summed E-state index contributed by atoms with van der Waals surface area (Å²) in [6.07, 6.45) is 3.25. The van der Waals surface area contributed by atoms with Gasteiger partial charge >= 0.3 is 5.97 Å². The number of benzene rings is 1. The molecule has 9 nitrogen and oxygen atoms in total. The van der Waals surface area contributed by atoms with Crippen LogP contribution in [0.4, 0.5) is 5.95 Å². The average Bonchev–Trinajstić information content (AvgIpc) is 2.95. The number of hydrogen-bond acceptors (Lipinski definition) is 7. The van der Waals surface area contributed by atoms with Crippen LogP contribution in [0.2, 0.25) is 0 Å². The van der Waals surface area contributed by atoms with Crippen molar-refractivity contribution in [2.24, 2.45) is 0 Å². The molecule has 2 aromatic rings. The maximum Gasteiger partial charge on any atom is 0.328 e. The zero-order chi connectivity index (χ0) is 21.8. The van der Waals surface area contributed by atoms with Crippen molar-refractivity contribution >= 4 is 23.0 Å². The Labute approximate surface area is 177 Å². The van der Waals surface area contributed by atoms with Crippen molar-refractivity contribution in [3.63, 3.8) is 0 Å². The number of carboxylic acids is 1. The molecule has 1 aliphatic rings. The Morgan fingerprint density at radius 3 is 2.77 bits per heavy atom. The van der Waals surface area contributed by atoms with Crippen LogP contribution in [0.3, 0.4) is 0 Å². The zero-order valence-corrected chi connectivity index (χ0v) is 17.7. The van der Waals surface area contributed by atoms with Crippen molar-refractivity contribution in [3.8, 4) is 0 Å². The Kier molecular flexibility index (Phi) is 10.3. The standard InChI is InChI=1S/C17H26N4O.C4H6O4/c1-3-22-14-13-21-16-8-5-4-7-15(16)18-17(21)20-10-6-9-19(2)11-12-20;5-4(6)2-1-3-8-7/h4-5,7-8H,3,6,9-14H2,1-2H3;1-2,7H,3H2,(H,5,6)/b;2-1+. The van der Waals surface area contributed by atoms with Gasteiger partial charge in [-0.15, -0.1) is 0 Å². The van der Waals surface area contributed by atoms with E-state index < -0.39 is 5.97 Å². The summed E-state index contributed by atoms with van der Waals surface area (Å²) in [5.74, 6) is 0.0400. The van der Waals surface area contributed by atoms with E-state index in [4.69, 9.17) is 20.1 Å². The largest absolute Gasteiger partial charge is 0.478 e. The SMILES string of the molecule is CCOCCn1c(N2CCCN(C)CC2)nc2ccccc21.O=C(O)/C=C/COO. The average molecular weight is 421 g/mol. The molecule has 0 aliphatic carbocycles. The van der Waals surface area contributed by atoms with E-state index in [2.05, 4.69) is 50.6 Å². The second-order valence-corrected chi connectivity index (χ2v) is 6.93. The minimum absolute atomic E-state index is 0.0910. The number of rotatable bonds is 8. The van der Waals surface area contributed by atoms with Crippen molar-refractivity contribution < 1.29 is 24.8 Å². The fourth-order valence-electron chi connectivity index (χ4n) is 3.26. The Bertz CT molecular complexity index is 808. The molecule has 0 radical (unpaired) electrons. The Morgan fingerprint density at radius 1 is 1.23 bits per heavy atom. The van der Waals surface area contributed by atoms with E-state index in [0.29, 0.717) is 0 Å². The number of carboxylic acid groups (broad SMARTS) is 1. The number of likely N-dealkylation sites (N-methyl/N-ethyl adjacent to an activating group) is 1. The Hall–Kier alpha value is -2.46. The lowest BCUT2D eigenvalue weighted by atomic mass is 10.3. The van der Waals surface area contributed by atoms with Gasteiger partial charge in [0.2, 0.25) is 5.95 Å². The molecule has 0 amide bonds. The fourth-order valence-corrected chi connectivity index (χ4v) is 3.26. The number of aromatic nitrogens is 2. The predicted molar refractivity (Wildman–Crippen MR) is 116 cm³/mol. The third kappa shape index (κ3) is 7.42. The first kappa shape index (κ1) is 23.8. The molecule has 0 spiro atoms. The van der Waals surface area contributed by atoms with E-state index in [0.717, 1.165) is 63.5 Å². The molecule has 3 rings (SSSR count). The quantitative estimate of drug-likeness (QED) is 0.291. The van der Waals surface area contributed by atoms with E-state index in [1.807, 2.05) is 6.92 Å². The van der Waals surface area contributed by atoms with E-state index in [1.165, 1.54) is 18.0 Å². The first-order chi connectivity index (χ1) is 14.6. The Morgan fingerprint density at radius 2 is 2.03 bits per heavy atom. The highest BCUT2D eigenvalue weighted by Gasteiger charge is 2.19. The first-order valence-electron chi connectivity index (χ1n) is 10.2. The smallest absolute Gasteiger partial charge is 0.328 e. The maximum absolute atomic E-state index is 9.65. The summed E-state index contributed by atoms with van der Waals surface area (Å²) in [7, 11) is 2.20. The molecule has 0 saturated carbocycles. The van der Waals surface area contributed by atoms with Crippen LogP contribution in [-0.2, 0) is 21.0 Å². The monoisotopic (exact) mass is 420 g/mol. The lowest BCUT2D eigenvalue weighted by Gasteiger charge is -2.23. The summed E-state index contributed by atoms with van der Waals surface area (Å²) in [4.78, 5) is 22.9. The second kappa shape index (κ2) is 13.0. The van der Waals surface area contributed by atoms with Crippen LogP contribution in [0.5, 0.6) is 0 Å². The lowest BCUT2D eigenvalue weighted by molar-refractivity contribution is -0.231. The third-order valence-corrected chi connectivity index (χ3v) is 4.73. The molecule has 0 unspecified atom stereocenters. The molecule has 2 N–H and O–H groups in total.